The van der Waals surface area contributed by atoms with Crippen molar-refractivity contribution in [3.63, 3.8) is 0 Å². The van der Waals surface area contributed by atoms with E-state index >= 15 is 0 Å². The zero-order valence-corrected chi connectivity index (χ0v) is 12.5. The van der Waals surface area contributed by atoms with E-state index in [2.05, 4.69) is 6.92 Å². The summed E-state index contributed by atoms with van der Waals surface area (Å²) in [4.78, 5) is 13.2. The first kappa shape index (κ1) is 17.2. The first-order chi connectivity index (χ1) is 7.97. The number of halogens is 2. The maximum Gasteiger partial charge on any atom is 0.236 e. The molecule has 0 aromatic heterocycles. The molecule has 2 unspecified atom stereocenters. The fourth-order valence-electron chi connectivity index (χ4n) is 1.75. The second-order valence-corrected chi connectivity index (χ2v) is 4.73. The predicted octanol–water partition coefficient (Wildman–Crippen LogP) is 2.67. The van der Waals surface area contributed by atoms with Crippen LogP contribution in [-0.2, 0) is 4.79 Å². The number of amides is 1. The highest BCUT2D eigenvalue weighted by molar-refractivity contribution is 6.30. The molecule has 0 spiro atoms. The minimum absolute atomic E-state index is 0. The molecule has 1 rings (SSSR count). The minimum Gasteiger partial charge on any atom is -0.341 e. The zero-order valence-electron chi connectivity index (χ0n) is 10.9. The Hall–Kier alpha value is -0.770. The van der Waals surface area contributed by atoms with Crippen molar-refractivity contribution < 1.29 is 4.79 Å². The number of benzene rings is 1. The Bertz CT molecular complexity index is 381. The monoisotopic (exact) mass is 290 g/mol. The van der Waals surface area contributed by atoms with Crippen molar-refractivity contribution in [2.75, 3.05) is 13.6 Å². The average Bonchev–Trinajstić information content (AvgIpc) is 2.36. The third-order valence-corrected chi connectivity index (χ3v) is 3.55. The number of nitrogens with zero attached hydrogens (tertiary/aromatic N) is 1. The third kappa shape index (κ3) is 4.16. The van der Waals surface area contributed by atoms with Crippen molar-refractivity contribution in [2.45, 2.75) is 25.8 Å². The third-order valence-electron chi connectivity index (χ3n) is 3.30. The Kier molecular flexibility index (Phi) is 7.29. The normalized spacial score (nSPS) is 13.4. The molecular formula is C13H20Cl2N2O. The summed E-state index contributed by atoms with van der Waals surface area (Å²) in [6.45, 7) is 4.16. The summed E-state index contributed by atoms with van der Waals surface area (Å²) < 4.78 is 0. The largest absolute Gasteiger partial charge is 0.341 e. The van der Waals surface area contributed by atoms with E-state index < -0.39 is 0 Å². The van der Waals surface area contributed by atoms with Gasteiger partial charge in [-0.2, -0.15) is 0 Å². The molecule has 1 aromatic carbocycles. The fraction of sp³-hybridized carbons (Fsp3) is 0.462. The van der Waals surface area contributed by atoms with Gasteiger partial charge in [-0.15, -0.1) is 12.4 Å². The lowest BCUT2D eigenvalue weighted by Gasteiger charge is -2.30. The van der Waals surface area contributed by atoms with Crippen molar-refractivity contribution in [1.82, 2.24) is 4.90 Å². The smallest absolute Gasteiger partial charge is 0.236 e. The van der Waals surface area contributed by atoms with Gasteiger partial charge >= 0.3 is 0 Å². The van der Waals surface area contributed by atoms with Crippen molar-refractivity contribution in [3.05, 3.63) is 34.9 Å². The summed E-state index contributed by atoms with van der Waals surface area (Å²) in [6.07, 6.45) is 0. The van der Waals surface area contributed by atoms with Crippen molar-refractivity contribution in [1.29, 1.82) is 0 Å². The molecule has 0 aliphatic carbocycles. The second-order valence-electron chi connectivity index (χ2n) is 4.29. The van der Waals surface area contributed by atoms with Crippen molar-refractivity contribution in [3.8, 4) is 0 Å². The molecule has 0 radical (unpaired) electrons. The average molecular weight is 291 g/mol. The van der Waals surface area contributed by atoms with Gasteiger partial charge < -0.3 is 10.6 Å². The van der Waals surface area contributed by atoms with Crippen molar-refractivity contribution >= 4 is 29.9 Å². The summed E-state index contributed by atoms with van der Waals surface area (Å²) in [6, 6.07) is 7.82. The number of likely N-dealkylation sites (N-methyl/N-ethyl adjacent to an activating group) is 1. The van der Waals surface area contributed by atoms with Gasteiger partial charge in [0.2, 0.25) is 5.91 Å². The summed E-state index contributed by atoms with van der Waals surface area (Å²) >= 11 is 5.85. The first-order valence-electron chi connectivity index (χ1n) is 5.68. The standard InChI is InChI=1S/C13H19ClN2O.ClH/c1-9(10(2)16(3)13(17)8-15)11-4-6-12(14)7-5-11;/h4-7,9-10H,8,15H2,1-3H3;1H. The highest BCUT2D eigenvalue weighted by atomic mass is 35.5. The summed E-state index contributed by atoms with van der Waals surface area (Å²) in [5, 5.41) is 0.722. The van der Waals surface area contributed by atoms with Crippen LogP contribution >= 0.6 is 24.0 Å². The molecule has 2 atom stereocenters. The molecule has 0 aliphatic heterocycles. The molecule has 3 nitrogen and oxygen atoms in total. The molecule has 5 heteroatoms. The molecular weight excluding hydrogens is 271 g/mol. The molecule has 0 saturated heterocycles. The van der Waals surface area contributed by atoms with Crippen LogP contribution in [0.2, 0.25) is 5.02 Å². The van der Waals surface area contributed by atoms with E-state index in [0.717, 1.165) is 5.02 Å². The highest BCUT2D eigenvalue weighted by Crippen LogP contribution is 2.23. The molecule has 0 bridgehead atoms. The van der Waals surface area contributed by atoms with Gasteiger partial charge in [-0.3, -0.25) is 4.79 Å². The number of carbonyl (C=O) groups excluding carboxylic acids is 1. The molecule has 1 amide bonds. The molecule has 0 heterocycles. The van der Waals surface area contributed by atoms with E-state index in [1.54, 1.807) is 11.9 Å². The van der Waals surface area contributed by atoms with Crippen LogP contribution in [0, 0.1) is 0 Å². The van der Waals surface area contributed by atoms with Crippen molar-refractivity contribution in [2.24, 2.45) is 5.73 Å². The first-order valence-corrected chi connectivity index (χ1v) is 6.06. The quantitative estimate of drug-likeness (QED) is 0.927. The van der Waals surface area contributed by atoms with Gasteiger partial charge in [-0.25, -0.2) is 0 Å². The Morgan fingerprint density at radius 1 is 1.33 bits per heavy atom. The summed E-state index contributed by atoms with van der Waals surface area (Å²) in [7, 11) is 1.78. The molecule has 0 saturated carbocycles. The maximum atomic E-state index is 11.5. The van der Waals surface area contributed by atoms with Crippen LogP contribution < -0.4 is 5.73 Å². The second kappa shape index (κ2) is 7.62. The highest BCUT2D eigenvalue weighted by Gasteiger charge is 2.21. The number of rotatable bonds is 4. The van der Waals surface area contributed by atoms with Gasteiger partial charge in [0, 0.05) is 24.0 Å². The van der Waals surface area contributed by atoms with Crippen LogP contribution in [0.3, 0.4) is 0 Å². The van der Waals surface area contributed by atoms with Gasteiger partial charge in [0.25, 0.3) is 0 Å². The Balaban J connectivity index is 0.00000289. The summed E-state index contributed by atoms with van der Waals surface area (Å²) in [5.41, 5.74) is 6.53. The van der Waals surface area contributed by atoms with Crippen LogP contribution in [0.25, 0.3) is 0 Å². The number of carbonyl (C=O) groups is 1. The number of hydrogen-bond acceptors (Lipinski definition) is 2. The fourth-order valence-corrected chi connectivity index (χ4v) is 1.88. The van der Waals surface area contributed by atoms with Crippen LogP contribution in [0.1, 0.15) is 25.3 Å². The molecule has 0 fully saturated rings. The lowest BCUT2D eigenvalue weighted by Crippen LogP contribution is -2.41. The number of nitrogens with two attached hydrogens (primary N) is 1. The van der Waals surface area contributed by atoms with E-state index in [9.17, 15) is 4.79 Å². The van der Waals surface area contributed by atoms with E-state index in [0.29, 0.717) is 0 Å². The summed E-state index contributed by atoms with van der Waals surface area (Å²) in [5.74, 6) is 0.200. The molecule has 18 heavy (non-hydrogen) atoms. The minimum atomic E-state index is -0.0432. The topological polar surface area (TPSA) is 46.3 Å². The lowest BCUT2D eigenvalue weighted by molar-refractivity contribution is -0.130. The van der Waals surface area contributed by atoms with Gasteiger partial charge in [0.05, 0.1) is 6.54 Å². The lowest BCUT2D eigenvalue weighted by atomic mass is 9.93. The van der Waals surface area contributed by atoms with E-state index in [1.165, 1.54) is 5.56 Å². The maximum absolute atomic E-state index is 11.5. The number of hydrogen-bond donors (Lipinski definition) is 1. The van der Waals surface area contributed by atoms with Crippen LogP contribution in [0.15, 0.2) is 24.3 Å². The Morgan fingerprint density at radius 3 is 2.28 bits per heavy atom. The molecule has 102 valence electrons. The van der Waals surface area contributed by atoms with Gasteiger partial charge in [-0.1, -0.05) is 30.7 Å². The molecule has 1 aromatic rings. The molecule has 2 N–H and O–H groups in total. The Morgan fingerprint density at radius 2 is 1.83 bits per heavy atom. The van der Waals surface area contributed by atoms with E-state index in [1.807, 2.05) is 31.2 Å². The predicted molar refractivity (Wildman–Crippen MR) is 78.4 cm³/mol. The van der Waals surface area contributed by atoms with E-state index in [4.69, 9.17) is 17.3 Å². The van der Waals surface area contributed by atoms with Crippen LogP contribution in [-0.4, -0.2) is 30.4 Å². The molecule has 0 aliphatic rings. The van der Waals surface area contributed by atoms with Gasteiger partial charge in [-0.05, 0) is 24.6 Å². The van der Waals surface area contributed by atoms with Gasteiger partial charge in [0.1, 0.15) is 0 Å². The van der Waals surface area contributed by atoms with E-state index in [-0.39, 0.29) is 36.8 Å². The van der Waals surface area contributed by atoms with Crippen LogP contribution in [0.4, 0.5) is 0 Å². The SMILES string of the molecule is CC(c1ccc(Cl)cc1)C(C)N(C)C(=O)CN.Cl. The zero-order chi connectivity index (χ0) is 13.0. The van der Waals surface area contributed by atoms with Crippen LogP contribution in [0.5, 0.6) is 0 Å². The van der Waals surface area contributed by atoms with Gasteiger partial charge in [0.15, 0.2) is 0 Å². The Labute approximate surface area is 120 Å².